The summed E-state index contributed by atoms with van der Waals surface area (Å²) < 4.78 is 5.70. The average Bonchev–Trinajstić information content (AvgIpc) is 2.38. The first kappa shape index (κ1) is 10.9. The molecule has 1 atom stereocenters. The summed E-state index contributed by atoms with van der Waals surface area (Å²) in [6.07, 6.45) is -0.110. The van der Waals surface area contributed by atoms with E-state index >= 15 is 0 Å². The number of hydrogen-bond acceptors (Lipinski definition) is 1. The summed E-state index contributed by atoms with van der Waals surface area (Å²) in [5, 5.41) is 0. The third-order valence-corrected chi connectivity index (χ3v) is 2.47. The Morgan fingerprint density at radius 1 is 0.875 bits per heavy atom. The Hall–Kier alpha value is -1.60. The molecule has 0 heterocycles. The zero-order valence-corrected chi connectivity index (χ0v) is 9.17. The fourth-order valence-electron chi connectivity index (χ4n) is 1.53. The Kier molecular flexibility index (Phi) is 3.73. The second-order valence-electron chi connectivity index (χ2n) is 3.70. The highest BCUT2D eigenvalue weighted by atomic mass is 16.5. The molecule has 0 N–H and O–H groups in total. The normalized spacial score (nSPS) is 12.3. The van der Waals surface area contributed by atoms with Gasteiger partial charge in [-0.25, -0.2) is 0 Å². The molecule has 2 aromatic rings. The summed E-state index contributed by atoms with van der Waals surface area (Å²) in [6, 6.07) is 20.2. The van der Waals surface area contributed by atoms with Crippen molar-refractivity contribution in [2.45, 2.75) is 12.7 Å². The molecule has 0 amide bonds. The molecule has 2 rings (SSSR count). The minimum absolute atomic E-state index is 0.110. The van der Waals surface area contributed by atoms with Gasteiger partial charge < -0.3 is 4.74 Å². The van der Waals surface area contributed by atoms with Crippen LogP contribution in [0.5, 0.6) is 0 Å². The van der Waals surface area contributed by atoms with Crippen LogP contribution in [-0.2, 0) is 11.3 Å². The maximum atomic E-state index is 5.70. The Labute approximate surface area is 96.7 Å². The van der Waals surface area contributed by atoms with Crippen LogP contribution < -0.4 is 0 Å². The molecule has 0 spiro atoms. The lowest BCUT2D eigenvalue weighted by molar-refractivity contribution is 0.0699. The van der Waals surface area contributed by atoms with Crippen LogP contribution in [0.4, 0.5) is 0 Å². The smallest absolute Gasteiger partial charge is 0.0830 e. The second-order valence-corrected chi connectivity index (χ2v) is 3.70. The van der Waals surface area contributed by atoms with E-state index in [1.54, 1.807) is 0 Å². The van der Waals surface area contributed by atoms with E-state index in [9.17, 15) is 0 Å². The molecule has 16 heavy (non-hydrogen) atoms. The lowest BCUT2D eigenvalue weighted by atomic mass is 10.1. The SMILES string of the molecule is [CH2]C(OCc1ccccc1)c1ccccc1. The molecule has 1 radical (unpaired) electrons. The maximum Gasteiger partial charge on any atom is 0.0830 e. The highest BCUT2D eigenvalue weighted by Crippen LogP contribution is 2.17. The van der Waals surface area contributed by atoms with E-state index in [0.29, 0.717) is 6.61 Å². The summed E-state index contributed by atoms with van der Waals surface area (Å²) in [5.74, 6) is 0. The van der Waals surface area contributed by atoms with Gasteiger partial charge in [0.2, 0.25) is 0 Å². The summed E-state index contributed by atoms with van der Waals surface area (Å²) in [4.78, 5) is 0. The molecular formula is C15H15O. The Morgan fingerprint density at radius 3 is 2.06 bits per heavy atom. The molecule has 0 aliphatic heterocycles. The Balaban J connectivity index is 1.92. The second kappa shape index (κ2) is 5.47. The van der Waals surface area contributed by atoms with E-state index in [4.69, 9.17) is 4.74 Å². The van der Waals surface area contributed by atoms with Gasteiger partial charge in [-0.2, -0.15) is 0 Å². The van der Waals surface area contributed by atoms with Gasteiger partial charge in [-0.05, 0) is 18.1 Å². The quantitative estimate of drug-likeness (QED) is 0.747. The van der Waals surface area contributed by atoms with Gasteiger partial charge in [-0.3, -0.25) is 0 Å². The third-order valence-electron chi connectivity index (χ3n) is 2.47. The van der Waals surface area contributed by atoms with Gasteiger partial charge in [0.25, 0.3) is 0 Å². The van der Waals surface area contributed by atoms with Gasteiger partial charge >= 0.3 is 0 Å². The lowest BCUT2D eigenvalue weighted by Crippen LogP contribution is -2.00. The molecule has 1 heteroatoms. The van der Waals surface area contributed by atoms with E-state index in [0.717, 1.165) is 5.56 Å². The summed E-state index contributed by atoms with van der Waals surface area (Å²) in [6.45, 7) is 4.60. The number of rotatable bonds is 4. The first-order valence-electron chi connectivity index (χ1n) is 5.40. The largest absolute Gasteiger partial charge is 0.369 e. The van der Waals surface area contributed by atoms with E-state index in [-0.39, 0.29) is 6.10 Å². The van der Waals surface area contributed by atoms with Crippen molar-refractivity contribution in [2.75, 3.05) is 0 Å². The molecular weight excluding hydrogens is 196 g/mol. The minimum atomic E-state index is -0.110. The Morgan fingerprint density at radius 2 is 1.44 bits per heavy atom. The summed E-state index contributed by atoms with van der Waals surface area (Å²) >= 11 is 0. The van der Waals surface area contributed by atoms with E-state index in [2.05, 4.69) is 19.1 Å². The van der Waals surface area contributed by atoms with Crippen molar-refractivity contribution in [1.82, 2.24) is 0 Å². The molecule has 0 bridgehead atoms. The fourth-order valence-corrected chi connectivity index (χ4v) is 1.53. The molecule has 0 aromatic heterocycles. The fraction of sp³-hybridized carbons (Fsp3) is 0.133. The molecule has 0 aliphatic carbocycles. The van der Waals surface area contributed by atoms with Crippen LogP contribution in [0.1, 0.15) is 17.2 Å². The number of benzene rings is 2. The van der Waals surface area contributed by atoms with Crippen molar-refractivity contribution in [3.63, 3.8) is 0 Å². The number of ether oxygens (including phenoxy) is 1. The van der Waals surface area contributed by atoms with Gasteiger partial charge in [0.1, 0.15) is 0 Å². The maximum absolute atomic E-state index is 5.70. The van der Waals surface area contributed by atoms with Crippen LogP contribution in [0, 0.1) is 6.92 Å². The monoisotopic (exact) mass is 211 g/mol. The molecule has 0 saturated heterocycles. The van der Waals surface area contributed by atoms with Gasteiger partial charge in [0.15, 0.2) is 0 Å². The van der Waals surface area contributed by atoms with Crippen molar-refractivity contribution in [1.29, 1.82) is 0 Å². The topological polar surface area (TPSA) is 9.23 Å². The van der Waals surface area contributed by atoms with Gasteiger partial charge in [-0.1, -0.05) is 60.7 Å². The van der Waals surface area contributed by atoms with E-state index in [1.807, 2.05) is 48.5 Å². The summed E-state index contributed by atoms with van der Waals surface area (Å²) in [7, 11) is 0. The zero-order chi connectivity index (χ0) is 11.2. The molecule has 81 valence electrons. The molecule has 0 fully saturated rings. The standard InChI is InChI=1S/C15H15O/c1-13(15-10-6-3-7-11-15)16-12-14-8-4-2-5-9-14/h2-11,13H,1,12H2. The zero-order valence-electron chi connectivity index (χ0n) is 9.17. The number of hydrogen-bond donors (Lipinski definition) is 0. The van der Waals surface area contributed by atoms with Crippen LogP contribution in [0.2, 0.25) is 0 Å². The van der Waals surface area contributed by atoms with Gasteiger partial charge in [0.05, 0.1) is 12.7 Å². The first-order chi connectivity index (χ1) is 7.86. The van der Waals surface area contributed by atoms with Gasteiger partial charge in [0, 0.05) is 0 Å². The van der Waals surface area contributed by atoms with Crippen molar-refractivity contribution >= 4 is 0 Å². The predicted octanol–water partition coefficient (Wildman–Crippen LogP) is 3.78. The summed E-state index contributed by atoms with van der Waals surface area (Å²) in [5.41, 5.74) is 2.28. The van der Waals surface area contributed by atoms with Crippen LogP contribution in [0.3, 0.4) is 0 Å². The van der Waals surface area contributed by atoms with Crippen LogP contribution in [0.25, 0.3) is 0 Å². The van der Waals surface area contributed by atoms with Crippen LogP contribution >= 0.6 is 0 Å². The van der Waals surface area contributed by atoms with Crippen LogP contribution in [-0.4, -0.2) is 0 Å². The highest BCUT2D eigenvalue weighted by Gasteiger charge is 2.04. The van der Waals surface area contributed by atoms with Crippen molar-refractivity contribution in [2.24, 2.45) is 0 Å². The lowest BCUT2D eigenvalue weighted by Gasteiger charge is -2.13. The van der Waals surface area contributed by atoms with Crippen molar-refractivity contribution < 1.29 is 4.74 Å². The average molecular weight is 211 g/mol. The first-order valence-corrected chi connectivity index (χ1v) is 5.40. The Bertz CT molecular complexity index is 408. The molecule has 1 nitrogen and oxygen atoms in total. The molecule has 0 aliphatic rings. The van der Waals surface area contributed by atoms with E-state index < -0.39 is 0 Å². The minimum Gasteiger partial charge on any atom is -0.369 e. The highest BCUT2D eigenvalue weighted by molar-refractivity contribution is 5.19. The molecule has 0 saturated carbocycles. The third kappa shape index (κ3) is 2.94. The molecule has 2 aromatic carbocycles. The predicted molar refractivity (Wildman–Crippen MR) is 65.8 cm³/mol. The van der Waals surface area contributed by atoms with E-state index in [1.165, 1.54) is 5.56 Å². The van der Waals surface area contributed by atoms with Crippen molar-refractivity contribution in [3.05, 3.63) is 78.7 Å². The van der Waals surface area contributed by atoms with Crippen LogP contribution in [0.15, 0.2) is 60.7 Å². The van der Waals surface area contributed by atoms with Crippen molar-refractivity contribution in [3.8, 4) is 0 Å². The molecule has 1 unspecified atom stereocenters. The van der Waals surface area contributed by atoms with Gasteiger partial charge in [-0.15, -0.1) is 0 Å².